The Morgan fingerprint density at radius 1 is 1.15 bits per heavy atom. The van der Waals surface area contributed by atoms with Gasteiger partial charge in [-0.05, 0) is 43.2 Å². The van der Waals surface area contributed by atoms with Gasteiger partial charge in [-0.3, -0.25) is 4.72 Å². The Morgan fingerprint density at radius 2 is 1.85 bits per heavy atom. The van der Waals surface area contributed by atoms with E-state index in [1.165, 1.54) is 0 Å². The summed E-state index contributed by atoms with van der Waals surface area (Å²) < 4.78 is 27.4. The van der Waals surface area contributed by atoms with Gasteiger partial charge in [0.15, 0.2) is 0 Å². The van der Waals surface area contributed by atoms with Crippen molar-refractivity contribution in [2.24, 2.45) is 0 Å². The lowest BCUT2D eigenvalue weighted by Crippen LogP contribution is -2.16. The number of nitrogen functional groups attached to an aromatic ring is 1. The predicted molar refractivity (Wildman–Crippen MR) is 82.6 cm³/mol. The van der Waals surface area contributed by atoms with E-state index in [0.29, 0.717) is 16.3 Å². The molecule has 106 valence electrons. The molecular weight excluding hydrogens is 296 g/mol. The van der Waals surface area contributed by atoms with Gasteiger partial charge in [-0.2, -0.15) is 0 Å². The molecule has 0 unspecified atom stereocenters. The SMILES string of the molecule is Cc1ccc(Cl)c(NS(=O)(=O)c2c(C)cccc2N)c1. The monoisotopic (exact) mass is 310 g/mol. The molecule has 0 heterocycles. The van der Waals surface area contributed by atoms with Crippen LogP contribution in [0.15, 0.2) is 41.3 Å². The Balaban J connectivity index is 2.49. The number of hydrogen-bond acceptors (Lipinski definition) is 3. The van der Waals surface area contributed by atoms with Crippen molar-refractivity contribution in [3.63, 3.8) is 0 Å². The third kappa shape index (κ3) is 2.89. The fourth-order valence-electron chi connectivity index (χ4n) is 1.96. The quantitative estimate of drug-likeness (QED) is 0.854. The van der Waals surface area contributed by atoms with Crippen molar-refractivity contribution in [3.8, 4) is 0 Å². The second kappa shape index (κ2) is 5.34. The molecule has 0 aromatic heterocycles. The molecule has 0 saturated heterocycles. The molecule has 0 aliphatic carbocycles. The number of nitrogens with one attached hydrogen (secondary N) is 1. The van der Waals surface area contributed by atoms with Crippen molar-refractivity contribution in [3.05, 3.63) is 52.5 Å². The Kier molecular flexibility index (Phi) is 3.92. The first-order valence-electron chi connectivity index (χ1n) is 5.95. The topological polar surface area (TPSA) is 72.2 Å². The maximum absolute atomic E-state index is 12.5. The van der Waals surface area contributed by atoms with E-state index in [2.05, 4.69) is 4.72 Å². The predicted octanol–water partition coefficient (Wildman–Crippen LogP) is 3.34. The van der Waals surface area contributed by atoms with Crippen molar-refractivity contribution in [2.45, 2.75) is 18.7 Å². The van der Waals surface area contributed by atoms with Crippen LogP contribution in [-0.4, -0.2) is 8.42 Å². The summed E-state index contributed by atoms with van der Waals surface area (Å²) >= 11 is 6.01. The van der Waals surface area contributed by atoms with Gasteiger partial charge >= 0.3 is 0 Å². The van der Waals surface area contributed by atoms with E-state index in [1.54, 1.807) is 37.3 Å². The summed E-state index contributed by atoms with van der Waals surface area (Å²) in [6.07, 6.45) is 0. The van der Waals surface area contributed by atoms with E-state index in [9.17, 15) is 8.42 Å². The van der Waals surface area contributed by atoms with Crippen LogP contribution in [0, 0.1) is 13.8 Å². The summed E-state index contributed by atoms with van der Waals surface area (Å²) in [5, 5.41) is 0.339. The van der Waals surface area contributed by atoms with E-state index < -0.39 is 10.0 Å². The Labute approximate surface area is 123 Å². The number of anilines is 2. The number of benzene rings is 2. The van der Waals surface area contributed by atoms with E-state index in [1.807, 2.05) is 13.0 Å². The maximum atomic E-state index is 12.5. The van der Waals surface area contributed by atoms with Crippen molar-refractivity contribution in [2.75, 3.05) is 10.5 Å². The lowest BCUT2D eigenvalue weighted by Gasteiger charge is -2.13. The third-order valence-electron chi connectivity index (χ3n) is 2.88. The van der Waals surface area contributed by atoms with E-state index in [0.717, 1.165) is 5.56 Å². The van der Waals surface area contributed by atoms with Crippen LogP contribution in [0.3, 0.4) is 0 Å². The highest BCUT2D eigenvalue weighted by molar-refractivity contribution is 7.93. The van der Waals surface area contributed by atoms with Crippen molar-refractivity contribution in [1.29, 1.82) is 0 Å². The molecule has 3 N–H and O–H groups in total. The van der Waals surface area contributed by atoms with Gasteiger partial charge in [0, 0.05) is 0 Å². The number of aryl methyl sites for hydroxylation is 2. The van der Waals surface area contributed by atoms with E-state index in [4.69, 9.17) is 17.3 Å². The van der Waals surface area contributed by atoms with E-state index >= 15 is 0 Å². The summed E-state index contributed by atoms with van der Waals surface area (Å²) in [4.78, 5) is 0.0811. The average Bonchev–Trinajstić information content (AvgIpc) is 2.33. The molecule has 0 bridgehead atoms. The fourth-order valence-corrected chi connectivity index (χ4v) is 3.61. The standard InChI is InChI=1S/C14H15ClN2O2S/c1-9-6-7-11(15)13(8-9)17-20(18,19)14-10(2)4-3-5-12(14)16/h3-8,17H,16H2,1-2H3. The molecular formula is C14H15ClN2O2S. The zero-order chi connectivity index (χ0) is 14.9. The van der Waals surface area contributed by atoms with Crippen LogP contribution < -0.4 is 10.5 Å². The van der Waals surface area contributed by atoms with Gasteiger partial charge in [0.1, 0.15) is 4.90 Å². The lowest BCUT2D eigenvalue weighted by atomic mass is 10.2. The zero-order valence-electron chi connectivity index (χ0n) is 11.1. The summed E-state index contributed by atoms with van der Waals surface area (Å²) in [6.45, 7) is 3.55. The summed E-state index contributed by atoms with van der Waals surface area (Å²) in [5.74, 6) is 0. The molecule has 2 rings (SSSR count). The number of nitrogens with two attached hydrogens (primary N) is 1. The highest BCUT2D eigenvalue weighted by Gasteiger charge is 2.21. The number of sulfonamides is 1. The van der Waals surface area contributed by atoms with Gasteiger partial charge in [0.25, 0.3) is 10.0 Å². The van der Waals surface area contributed by atoms with Gasteiger partial charge in [-0.15, -0.1) is 0 Å². The summed E-state index contributed by atoms with van der Waals surface area (Å²) in [7, 11) is -3.77. The second-order valence-corrected chi connectivity index (χ2v) is 6.61. The molecule has 2 aromatic rings. The Bertz CT molecular complexity index is 738. The first-order valence-corrected chi connectivity index (χ1v) is 7.81. The summed E-state index contributed by atoms with van der Waals surface area (Å²) in [5.41, 5.74) is 7.82. The molecule has 0 aliphatic heterocycles. The molecule has 2 aromatic carbocycles. The lowest BCUT2D eigenvalue weighted by molar-refractivity contribution is 0.601. The minimum Gasteiger partial charge on any atom is -0.398 e. The molecule has 6 heteroatoms. The minimum absolute atomic E-state index is 0.0811. The molecule has 0 fully saturated rings. The molecule has 0 spiro atoms. The van der Waals surface area contributed by atoms with Gasteiger partial charge in [-0.1, -0.05) is 29.8 Å². The van der Waals surface area contributed by atoms with Gasteiger partial charge in [0.05, 0.1) is 16.4 Å². The van der Waals surface area contributed by atoms with Crippen LogP contribution in [0.5, 0.6) is 0 Å². The van der Waals surface area contributed by atoms with Crippen molar-refractivity contribution in [1.82, 2.24) is 0 Å². The fraction of sp³-hybridized carbons (Fsp3) is 0.143. The van der Waals surface area contributed by atoms with Crippen LogP contribution >= 0.6 is 11.6 Å². The highest BCUT2D eigenvalue weighted by atomic mass is 35.5. The Hall–Kier alpha value is -1.72. The highest BCUT2D eigenvalue weighted by Crippen LogP contribution is 2.28. The van der Waals surface area contributed by atoms with Crippen LogP contribution in [0.2, 0.25) is 5.02 Å². The van der Waals surface area contributed by atoms with Crippen LogP contribution in [0.1, 0.15) is 11.1 Å². The normalized spacial score (nSPS) is 11.3. The molecule has 0 atom stereocenters. The zero-order valence-corrected chi connectivity index (χ0v) is 12.7. The molecule has 20 heavy (non-hydrogen) atoms. The summed E-state index contributed by atoms with van der Waals surface area (Å²) in [6, 6.07) is 10.1. The smallest absolute Gasteiger partial charge is 0.264 e. The number of hydrogen-bond donors (Lipinski definition) is 2. The van der Waals surface area contributed by atoms with Crippen LogP contribution in [0.4, 0.5) is 11.4 Å². The average molecular weight is 311 g/mol. The second-order valence-electron chi connectivity index (χ2n) is 4.58. The van der Waals surface area contributed by atoms with Gasteiger partial charge in [0.2, 0.25) is 0 Å². The number of halogens is 1. The van der Waals surface area contributed by atoms with Gasteiger partial charge < -0.3 is 5.73 Å². The maximum Gasteiger partial charge on any atom is 0.264 e. The van der Waals surface area contributed by atoms with Crippen LogP contribution in [-0.2, 0) is 10.0 Å². The Morgan fingerprint density at radius 3 is 2.50 bits per heavy atom. The number of rotatable bonds is 3. The molecule has 0 saturated carbocycles. The first-order chi connectivity index (χ1) is 9.31. The molecule has 0 amide bonds. The third-order valence-corrected chi connectivity index (χ3v) is 4.79. The van der Waals surface area contributed by atoms with Crippen molar-refractivity contribution < 1.29 is 8.42 Å². The van der Waals surface area contributed by atoms with Crippen LogP contribution in [0.25, 0.3) is 0 Å². The van der Waals surface area contributed by atoms with E-state index in [-0.39, 0.29) is 10.6 Å². The molecule has 0 aliphatic rings. The minimum atomic E-state index is -3.77. The first kappa shape index (κ1) is 14.7. The van der Waals surface area contributed by atoms with Crippen molar-refractivity contribution >= 4 is 33.0 Å². The molecule has 4 nitrogen and oxygen atoms in total. The largest absolute Gasteiger partial charge is 0.398 e. The van der Waals surface area contributed by atoms with Gasteiger partial charge in [-0.25, -0.2) is 8.42 Å². The molecule has 0 radical (unpaired) electrons.